The van der Waals surface area contributed by atoms with Crippen molar-refractivity contribution >= 4 is 83.2 Å². The largest absolute Gasteiger partial charge is 0.501 e. The van der Waals surface area contributed by atoms with Crippen LogP contribution in [-0.2, 0) is 0 Å². The molecule has 2 N–H and O–H groups in total. The molecular weight excluding hydrogens is 601 g/mol. The normalized spacial score (nSPS) is 11.2. The Hall–Kier alpha value is -1.99. The van der Waals surface area contributed by atoms with E-state index in [0.717, 1.165) is 19.5 Å². The molecular formula is C16H8Br2IN3O5. The Balaban J connectivity index is 1.80. The number of aromatic hydroxyl groups is 1. The zero-order valence-electron chi connectivity index (χ0n) is 13.1. The van der Waals surface area contributed by atoms with Crippen LogP contribution in [-0.4, -0.2) is 22.2 Å². The summed E-state index contributed by atoms with van der Waals surface area (Å²) in [6.07, 6.45) is 1.22. The molecule has 2 aromatic carbocycles. The first-order valence-electron chi connectivity index (χ1n) is 7.15. The number of carbonyl (C=O) groups excluding carboxylic acids is 1. The van der Waals surface area contributed by atoms with Crippen molar-refractivity contribution in [2.24, 2.45) is 5.10 Å². The van der Waals surface area contributed by atoms with Crippen LogP contribution in [0.2, 0.25) is 0 Å². The van der Waals surface area contributed by atoms with Crippen LogP contribution in [0.15, 0.2) is 48.8 Å². The van der Waals surface area contributed by atoms with Gasteiger partial charge in [0.1, 0.15) is 5.58 Å². The third-order valence-corrected chi connectivity index (χ3v) is 5.27. The van der Waals surface area contributed by atoms with E-state index in [1.54, 1.807) is 6.07 Å². The average Bonchev–Trinajstić information content (AvgIpc) is 3.02. The highest BCUT2D eigenvalue weighted by Crippen LogP contribution is 2.34. The van der Waals surface area contributed by atoms with Crippen molar-refractivity contribution in [1.29, 1.82) is 0 Å². The molecule has 1 aromatic heterocycles. The van der Waals surface area contributed by atoms with Crippen molar-refractivity contribution in [3.8, 4) is 5.75 Å². The standard InChI is InChI=1S/C16H8Br2IN3O5/c17-9-3-8-4-13(27-15(8)11(19)5-9)16(24)21-20-6-7-1-10(18)14(23)12(2-7)22(25)26/h1-6,23H,(H,21,24)/b20-6-. The highest BCUT2D eigenvalue weighted by atomic mass is 127. The number of amides is 1. The summed E-state index contributed by atoms with van der Waals surface area (Å²) in [4.78, 5) is 22.4. The molecule has 1 amide bonds. The number of nitro groups is 1. The molecule has 0 atom stereocenters. The predicted octanol–water partition coefficient (Wildman–Crippen LogP) is 4.94. The van der Waals surface area contributed by atoms with E-state index in [-0.39, 0.29) is 10.2 Å². The maximum absolute atomic E-state index is 12.2. The van der Waals surface area contributed by atoms with Gasteiger partial charge in [0.25, 0.3) is 0 Å². The number of nitrogens with one attached hydrogen (secondary N) is 1. The number of phenolic OH excluding ortho intramolecular Hbond substituents is 1. The number of halogens is 3. The van der Waals surface area contributed by atoms with Crippen LogP contribution < -0.4 is 5.43 Å². The first-order valence-corrected chi connectivity index (χ1v) is 9.81. The summed E-state index contributed by atoms with van der Waals surface area (Å²) in [5.74, 6) is -0.970. The molecule has 1 heterocycles. The lowest BCUT2D eigenvalue weighted by Gasteiger charge is -2.01. The molecule has 0 saturated carbocycles. The van der Waals surface area contributed by atoms with E-state index >= 15 is 0 Å². The van der Waals surface area contributed by atoms with Crippen LogP contribution in [0.4, 0.5) is 5.69 Å². The fourth-order valence-electron chi connectivity index (χ4n) is 2.23. The molecule has 0 bridgehead atoms. The van der Waals surface area contributed by atoms with Gasteiger partial charge in [-0.1, -0.05) is 15.9 Å². The molecule has 0 saturated heterocycles. The van der Waals surface area contributed by atoms with E-state index in [2.05, 4.69) is 65.0 Å². The van der Waals surface area contributed by atoms with Gasteiger partial charge in [0, 0.05) is 21.5 Å². The number of hydrogen-bond donors (Lipinski definition) is 2. The van der Waals surface area contributed by atoms with Crippen LogP contribution in [0.1, 0.15) is 16.1 Å². The minimum atomic E-state index is -0.718. The lowest BCUT2D eigenvalue weighted by atomic mass is 10.2. The summed E-state index contributed by atoms with van der Waals surface area (Å²) in [6.45, 7) is 0. The van der Waals surface area contributed by atoms with E-state index in [1.165, 1.54) is 12.3 Å². The first-order chi connectivity index (χ1) is 12.8. The summed E-state index contributed by atoms with van der Waals surface area (Å²) in [6, 6.07) is 7.85. The summed E-state index contributed by atoms with van der Waals surface area (Å²) in [7, 11) is 0. The van der Waals surface area contributed by atoms with Gasteiger partial charge in [0.2, 0.25) is 5.75 Å². The number of benzene rings is 2. The average molecular weight is 609 g/mol. The number of rotatable bonds is 4. The van der Waals surface area contributed by atoms with E-state index < -0.39 is 22.3 Å². The number of nitrogens with zero attached hydrogens (tertiary/aromatic N) is 2. The summed E-state index contributed by atoms with van der Waals surface area (Å²) in [5, 5.41) is 25.1. The van der Waals surface area contributed by atoms with Gasteiger partial charge in [-0.3, -0.25) is 14.9 Å². The van der Waals surface area contributed by atoms with Gasteiger partial charge in [0.15, 0.2) is 5.76 Å². The van der Waals surface area contributed by atoms with E-state index in [1.807, 2.05) is 12.1 Å². The first kappa shape index (κ1) is 19.8. The van der Waals surface area contributed by atoms with Crippen molar-refractivity contribution < 1.29 is 19.2 Å². The number of carbonyl (C=O) groups is 1. The number of hydrazone groups is 1. The fourth-order valence-corrected chi connectivity index (χ4v) is 4.35. The topological polar surface area (TPSA) is 118 Å². The van der Waals surface area contributed by atoms with E-state index in [9.17, 15) is 20.0 Å². The Morgan fingerprint density at radius 3 is 2.74 bits per heavy atom. The van der Waals surface area contributed by atoms with Crippen LogP contribution >= 0.6 is 54.5 Å². The summed E-state index contributed by atoms with van der Waals surface area (Å²) in [5.41, 5.74) is 2.73. The molecule has 0 fully saturated rings. The second-order valence-corrected chi connectivity index (χ2v) is 8.18. The maximum atomic E-state index is 12.2. The van der Waals surface area contributed by atoms with Crippen molar-refractivity contribution in [2.75, 3.05) is 0 Å². The number of hydrogen-bond acceptors (Lipinski definition) is 6. The van der Waals surface area contributed by atoms with Crippen molar-refractivity contribution in [1.82, 2.24) is 5.43 Å². The highest BCUT2D eigenvalue weighted by molar-refractivity contribution is 14.1. The zero-order chi connectivity index (χ0) is 19.7. The maximum Gasteiger partial charge on any atom is 0.312 e. The molecule has 0 aliphatic heterocycles. The third-order valence-electron chi connectivity index (χ3n) is 3.40. The molecule has 138 valence electrons. The molecule has 8 nitrogen and oxygen atoms in total. The molecule has 0 unspecified atom stereocenters. The molecule has 27 heavy (non-hydrogen) atoms. The van der Waals surface area contributed by atoms with Crippen LogP contribution in [0, 0.1) is 13.7 Å². The van der Waals surface area contributed by atoms with Crippen LogP contribution in [0.3, 0.4) is 0 Å². The Labute approximate surface area is 182 Å². The molecule has 0 aliphatic rings. The third kappa shape index (κ3) is 4.30. The van der Waals surface area contributed by atoms with Gasteiger partial charge in [-0.2, -0.15) is 5.10 Å². The van der Waals surface area contributed by atoms with E-state index in [0.29, 0.717) is 11.1 Å². The van der Waals surface area contributed by atoms with Gasteiger partial charge in [0.05, 0.1) is 19.2 Å². The predicted molar refractivity (Wildman–Crippen MR) is 114 cm³/mol. The molecule has 0 spiro atoms. The van der Waals surface area contributed by atoms with Gasteiger partial charge in [-0.15, -0.1) is 0 Å². The Bertz CT molecular complexity index is 1110. The second-order valence-electron chi connectivity index (χ2n) is 5.24. The lowest BCUT2D eigenvalue weighted by molar-refractivity contribution is -0.386. The zero-order valence-corrected chi connectivity index (χ0v) is 18.4. The summed E-state index contributed by atoms with van der Waals surface area (Å²) < 4.78 is 7.41. The fraction of sp³-hybridized carbons (Fsp3) is 0. The lowest BCUT2D eigenvalue weighted by Crippen LogP contribution is -2.16. The highest BCUT2D eigenvalue weighted by Gasteiger charge is 2.17. The van der Waals surface area contributed by atoms with Crippen molar-refractivity contribution in [3.05, 3.63) is 64.3 Å². The number of fused-ring (bicyclic) bond motifs is 1. The smallest absolute Gasteiger partial charge is 0.312 e. The minimum Gasteiger partial charge on any atom is -0.501 e. The summed E-state index contributed by atoms with van der Waals surface area (Å²) >= 11 is 8.52. The number of nitro benzene ring substituents is 1. The van der Waals surface area contributed by atoms with Gasteiger partial charge >= 0.3 is 11.6 Å². The monoisotopic (exact) mass is 607 g/mol. The van der Waals surface area contributed by atoms with Gasteiger partial charge in [-0.25, -0.2) is 5.43 Å². The Morgan fingerprint density at radius 2 is 2.04 bits per heavy atom. The SMILES string of the molecule is O=C(N/N=C\c1cc(Br)c(O)c([N+](=O)[O-])c1)c1cc2cc(Br)cc(I)c2o1. The molecule has 3 rings (SSSR count). The quantitative estimate of drug-likeness (QED) is 0.188. The molecule has 11 heteroatoms. The van der Waals surface area contributed by atoms with E-state index in [4.69, 9.17) is 4.42 Å². The Morgan fingerprint density at radius 1 is 1.30 bits per heavy atom. The molecule has 0 aliphatic carbocycles. The minimum absolute atomic E-state index is 0.0797. The van der Waals surface area contributed by atoms with Gasteiger partial charge < -0.3 is 9.52 Å². The van der Waals surface area contributed by atoms with Crippen molar-refractivity contribution in [2.45, 2.75) is 0 Å². The number of phenols is 1. The van der Waals surface area contributed by atoms with Crippen molar-refractivity contribution in [3.63, 3.8) is 0 Å². The molecule has 0 radical (unpaired) electrons. The second kappa shape index (κ2) is 7.94. The van der Waals surface area contributed by atoms with Gasteiger partial charge in [-0.05, 0) is 62.8 Å². The molecule has 3 aromatic rings. The Kier molecular flexibility index (Phi) is 5.81. The number of furan rings is 1. The van der Waals surface area contributed by atoms with Crippen LogP contribution in [0.5, 0.6) is 5.75 Å². The van der Waals surface area contributed by atoms with Crippen LogP contribution in [0.25, 0.3) is 11.0 Å².